The third-order valence-corrected chi connectivity index (χ3v) is 2.38. The Morgan fingerprint density at radius 2 is 1.35 bits per heavy atom. The predicted octanol–water partition coefficient (Wildman–Crippen LogP) is 1.10. The van der Waals surface area contributed by atoms with Gasteiger partial charge in [0, 0.05) is 21.3 Å². The summed E-state index contributed by atoms with van der Waals surface area (Å²) in [7, 11) is 4.97. The maximum atomic E-state index is 5.63. The molecule has 5 nitrogen and oxygen atoms in total. The molecule has 5 heteroatoms. The average Bonchev–Trinajstić information content (AvgIpc) is 2.35. The minimum atomic E-state index is -0.0679. The molecule has 0 radical (unpaired) electrons. The summed E-state index contributed by atoms with van der Waals surface area (Å²) in [6, 6.07) is 0. The SMILES string of the molecule is COCC(COCC(C)OC)OCC(C)OC. The van der Waals surface area contributed by atoms with Crippen LogP contribution >= 0.6 is 0 Å². The summed E-state index contributed by atoms with van der Waals surface area (Å²) >= 11 is 0. The lowest BCUT2D eigenvalue weighted by molar-refractivity contribution is -0.0878. The maximum absolute atomic E-state index is 5.63. The summed E-state index contributed by atoms with van der Waals surface area (Å²) in [5, 5.41) is 0. The third kappa shape index (κ3) is 9.50. The van der Waals surface area contributed by atoms with Gasteiger partial charge in [-0.25, -0.2) is 0 Å². The molecule has 0 rings (SSSR count). The van der Waals surface area contributed by atoms with Crippen molar-refractivity contribution in [2.75, 3.05) is 47.8 Å². The Morgan fingerprint density at radius 3 is 1.88 bits per heavy atom. The lowest BCUT2D eigenvalue weighted by Gasteiger charge is -2.20. The van der Waals surface area contributed by atoms with Crippen LogP contribution in [-0.4, -0.2) is 66.1 Å². The summed E-state index contributed by atoms with van der Waals surface area (Å²) in [6.45, 7) is 6.01. The van der Waals surface area contributed by atoms with Crippen LogP contribution in [0.2, 0.25) is 0 Å². The van der Waals surface area contributed by atoms with Gasteiger partial charge in [-0.15, -0.1) is 0 Å². The van der Waals surface area contributed by atoms with E-state index in [-0.39, 0.29) is 18.3 Å². The molecule has 0 aromatic rings. The first-order valence-corrected chi connectivity index (χ1v) is 5.87. The van der Waals surface area contributed by atoms with Crippen LogP contribution in [0, 0.1) is 0 Å². The highest BCUT2D eigenvalue weighted by Gasteiger charge is 2.12. The molecule has 0 N–H and O–H groups in total. The molecule has 0 aromatic carbocycles. The van der Waals surface area contributed by atoms with Crippen molar-refractivity contribution in [2.45, 2.75) is 32.2 Å². The van der Waals surface area contributed by atoms with Crippen molar-refractivity contribution in [3.05, 3.63) is 0 Å². The summed E-state index contributed by atoms with van der Waals surface area (Å²) in [5.41, 5.74) is 0. The zero-order chi connectivity index (χ0) is 13.1. The fourth-order valence-electron chi connectivity index (χ4n) is 1.10. The van der Waals surface area contributed by atoms with Gasteiger partial charge in [0.25, 0.3) is 0 Å². The van der Waals surface area contributed by atoms with E-state index in [2.05, 4.69) is 0 Å². The van der Waals surface area contributed by atoms with Gasteiger partial charge in [0.1, 0.15) is 6.10 Å². The molecule has 3 atom stereocenters. The van der Waals surface area contributed by atoms with Crippen LogP contribution in [-0.2, 0) is 23.7 Å². The molecule has 17 heavy (non-hydrogen) atoms. The van der Waals surface area contributed by atoms with Crippen LogP contribution in [0.1, 0.15) is 13.8 Å². The van der Waals surface area contributed by atoms with E-state index >= 15 is 0 Å². The van der Waals surface area contributed by atoms with E-state index in [1.54, 1.807) is 21.3 Å². The van der Waals surface area contributed by atoms with Crippen LogP contribution in [0.4, 0.5) is 0 Å². The molecule has 104 valence electrons. The third-order valence-electron chi connectivity index (χ3n) is 2.38. The Balaban J connectivity index is 3.73. The molecular formula is C12H26O5. The van der Waals surface area contributed by atoms with E-state index in [0.29, 0.717) is 26.4 Å². The second-order valence-corrected chi connectivity index (χ2v) is 4.04. The second kappa shape index (κ2) is 10.9. The Bertz CT molecular complexity index is 165. The van der Waals surface area contributed by atoms with Gasteiger partial charge in [0.05, 0.1) is 38.6 Å². The normalized spacial score (nSPS) is 16.8. The van der Waals surface area contributed by atoms with Gasteiger partial charge < -0.3 is 23.7 Å². The molecule has 0 aliphatic rings. The predicted molar refractivity (Wildman–Crippen MR) is 65.4 cm³/mol. The molecule has 0 aliphatic carbocycles. The van der Waals surface area contributed by atoms with E-state index in [1.165, 1.54) is 0 Å². The molecule has 0 amide bonds. The molecule has 0 saturated heterocycles. The first-order valence-electron chi connectivity index (χ1n) is 5.87. The van der Waals surface area contributed by atoms with Crippen LogP contribution in [0.25, 0.3) is 0 Å². The second-order valence-electron chi connectivity index (χ2n) is 4.04. The number of hydrogen-bond acceptors (Lipinski definition) is 5. The molecule has 3 unspecified atom stereocenters. The molecule has 0 saturated carbocycles. The lowest BCUT2D eigenvalue weighted by Crippen LogP contribution is -2.30. The van der Waals surface area contributed by atoms with E-state index in [4.69, 9.17) is 23.7 Å². The fourth-order valence-corrected chi connectivity index (χ4v) is 1.10. The molecule has 0 bridgehead atoms. The van der Waals surface area contributed by atoms with Gasteiger partial charge in [-0.1, -0.05) is 0 Å². The minimum Gasteiger partial charge on any atom is -0.382 e. The summed E-state index contributed by atoms with van der Waals surface area (Å²) < 4.78 is 26.4. The quantitative estimate of drug-likeness (QED) is 0.549. The number of methoxy groups -OCH3 is 3. The number of hydrogen-bond donors (Lipinski definition) is 0. The first kappa shape index (κ1) is 16.8. The standard InChI is InChI=1S/C12H26O5/c1-10(14-4)6-16-9-12(8-13-3)17-7-11(2)15-5/h10-12H,6-9H2,1-5H3. The van der Waals surface area contributed by atoms with Crippen molar-refractivity contribution in [2.24, 2.45) is 0 Å². The topological polar surface area (TPSA) is 46.2 Å². The van der Waals surface area contributed by atoms with E-state index in [1.807, 2.05) is 13.8 Å². The highest BCUT2D eigenvalue weighted by atomic mass is 16.6. The molecule has 0 spiro atoms. The Kier molecular flexibility index (Phi) is 10.8. The molecular weight excluding hydrogens is 224 g/mol. The van der Waals surface area contributed by atoms with E-state index in [0.717, 1.165) is 0 Å². The zero-order valence-corrected chi connectivity index (χ0v) is 11.6. The average molecular weight is 250 g/mol. The van der Waals surface area contributed by atoms with Crippen molar-refractivity contribution in [1.29, 1.82) is 0 Å². The molecule has 0 aliphatic heterocycles. The van der Waals surface area contributed by atoms with Gasteiger partial charge in [0.15, 0.2) is 0 Å². The molecule has 0 heterocycles. The largest absolute Gasteiger partial charge is 0.382 e. The molecule has 0 aromatic heterocycles. The van der Waals surface area contributed by atoms with Gasteiger partial charge in [-0.05, 0) is 13.8 Å². The minimum absolute atomic E-state index is 0.0679. The van der Waals surface area contributed by atoms with Gasteiger partial charge >= 0.3 is 0 Å². The number of rotatable bonds is 11. The van der Waals surface area contributed by atoms with Crippen molar-refractivity contribution in [1.82, 2.24) is 0 Å². The van der Waals surface area contributed by atoms with E-state index in [9.17, 15) is 0 Å². The fraction of sp³-hybridized carbons (Fsp3) is 1.00. The van der Waals surface area contributed by atoms with Crippen molar-refractivity contribution in [3.8, 4) is 0 Å². The summed E-state index contributed by atoms with van der Waals surface area (Å²) in [4.78, 5) is 0. The highest BCUT2D eigenvalue weighted by molar-refractivity contribution is 4.58. The monoisotopic (exact) mass is 250 g/mol. The Morgan fingerprint density at radius 1 is 0.765 bits per heavy atom. The Labute approximate surface area is 104 Å². The number of ether oxygens (including phenoxy) is 5. The van der Waals surface area contributed by atoms with Crippen LogP contribution in [0.15, 0.2) is 0 Å². The highest BCUT2D eigenvalue weighted by Crippen LogP contribution is 1.99. The summed E-state index contributed by atoms with van der Waals surface area (Å²) in [6.07, 6.45) is 0.102. The van der Waals surface area contributed by atoms with Crippen molar-refractivity contribution in [3.63, 3.8) is 0 Å². The maximum Gasteiger partial charge on any atom is 0.104 e. The van der Waals surface area contributed by atoms with Crippen LogP contribution in [0.3, 0.4) is 0 Å². The lowest BCUT2D eigenvalue weighted by atomic mass is 10.3. The van der Waals surface area contributed by atoms with Gasteiger partial charge in [-0.3, -0.25) is 0 Å². The van der Waals surface area contributed by atoms with Crippen molar-refractivity contribution >= 4 is 0 Å². The Hall–Kier alpha value is -0.200. The van der Waals surface area contributed by atoms with E-state index < -0.39 is 0 Å². The molecule has 0 fully saturated rings. The van der Waals surface area contributed by atoms with Gasteiger partial charge in [0.2, 0.25) is 0 Å². The summed E-state index contributed by atoms with van der Waals surface area (Å²) in [5.74, 6) is 0. The van der Waals surface area contributed by atoms with Crippen LogP contribution < -0.4 is 0 Å². The zero-order valence-electron chi connectivity index (χ0n) is 11.6. The first-order chi connectivity index (χ1) is 8.13. The van der Waals surface area contributed by atoms with Gasteiger partial charge in [-0.2, -0.15) is 0 Å². The van der Waals surface area contributed by atoms with Crippen LogP contribution in [0.5, 0.6) is 0 Å². The van der Waals surface area contributed by atoms with Crippen molar-refractivity contribution < 1.29 is 23.7 Å². The smallest absolute Gasteiger partial charge is 0.104 e.